The van der Waals surface area contributed by atoms with Gasteiger partial charge in [-0.1, -0.05) is 75.4 Å². The summed E-state index contributed by atoms with van der Waals surface area (Å²) >= 11 is 0. The highest BCUT2D eigenvalue weighted by atomic mass is 14.1. The first-order chi connectivity index (χ1) is 11.9. The second-order valence-electron chi connectivity index (χ2n) is 7.03. The zero-order valence-electron chi connectivity index (χ0n) is 14.6. The predicted molar refractivity (Wildman–Crippen MR) is 106 cm³/mol. The van der Waals surface area contributed by atoms with Crippen LogP contribution in [-0.4, -0.2) is 0 Å². The fraction of sp³-hybridized carbons (Fsp3) is 0.333. The van der Waals surface area contributed by atoms with Crippen LogP contribution in [0.3, 0.4) is 0 Å². The summed E-state index contributed by atoms with van der Waals surface area (Å²) in [4.78, 5) is 0. The molecule has 0 spiro atoms. The van der Waals surface area contributed by atoms with E-state index in [0.717, 1.165) is 0 Å². The van der Waals surface area contributed by atoms with Crippen molar-refractivity contribution in [1.29, 1.82) is 0 Å². The smallest absolute Gasteiger partial charge is 0.00236 e. The van der Waals surface area contributed by atoms with E-state index in [9.17, 15) is 0 Å². The summed E-state index contributed by atoms with van der Waals surface area (Å²) in [6, 6.07) is 21.3. The zero-order valence-corrected chi connectivity index (χ0v) is 14.6. The minimum absolute atomic E-state index is 1.18. The van der Waals surface area contributed by atoms with Crippen LogP contribution in [0.2, 0.25) is 0 Å². The van der Waals surface area contributed by atoms with Gasteiger partial charge >= 0.3 is 0 Å². The molecular weight excluding hydrogens is 288 g/mol. The highest BCUT2D eigenvalue weighted by Crippen LogP contribution is 2.36. The minimum Gasteiger partial charge on any atom is -0.0654 e. The van der Waals surface area contributed by atoms with E-state index in [-0.39, 0.29) is 0 Å². The normalized spacial score (nSPS) is 11.9. The molecule has 0 unspecified atom stereocenters. The molecular formula is C24H25. The van der Waals surface area contributed by atoms with Gasteiger partial charge in [-0.3, -0.25) is 0 Å². The lowest BCUT2D eigenvalue weighted by Crippen LogP contribution is -1.92. The summed E-state index contributed by atoms with van der Waals surface area (Å²) in [5.41, 5.74) is 1.50. The quantitative estimate of drug-likeness (QED) is 0.248. The minimum atomic E-state index is 1.18. The lowest BCUT2D eigenvalue weighted by molar-refractivity contribution is 0.608. The van der Waals surface area contributed by atoms with Crippen LogP contribution in [0.25, 0.3) is 32.3 Å². The molecule has 1 radical (unpaired) electrons. The van der Waals surface area contributed by atoms with Gasteiger partial charge in [-0.05, 0) is 68.9 Å². The topological polar surface area (TPSA) is 0 Å². The average Bonchev–Trinajstić information content (AvgIpc) is 2.63. The standard InChI is InChI=1S/C24H25/c1-2-3-4-5-6-7-10-20-17-21-13-8-11-18-15-16-19-12-9-14-22(20)24(19)23(18)21/h8,11-17H,2-7,10H2,1H3. The molecule has 4 aromatic carbocycles. The molecule has 0 aliphatic rings. The van der Waals surface area contributed by atoms with Crippen molar-refractivity contribution in [3.8, 4) is 0 Å². The van der Waals surface area contributed by atoms with Crippen molar-refractivity contribution in [2.45, 2.75) is 51.9 Å². The van der Waals surface area contributed by atoms with Crippen LogP contribution in [0.15, 0.2) is 48.5 Å². The molecule has 0 aliphatic heterocycles. The first-order valence-electron chi connectivity index (χ1n) is 9.45. The maximum absolute atomic E-state index is 3.36. The Labute approximate surface area is 144 Å². The highest BCUT2D eigenvalue weighted by molar-refractivity contribution is 6.23. The van der Waals surface area contributed by atoms with Crippen molar-refractivity contribution in [1.82, 2.24) is 0 Å². The van der Waals surface area contributed by atoms with Crippen LogP contribution in [0, 0.1) is 6.07 Å². The number of benzene rings is 4. The van der Waals surface area contributed by atoms with Crippen LogP contribution in [0.1, 0.15) is 51.0 Å². The van der Waals surface area contributed by atoms with E-state index in [1.54, 1.807) is 0 Å². The Morgan fingerprint density at radius 1 is 0.750 bits per heavy atom. The summed E-state index contributed by atoms with van der Waals surface area (Å²) in [6.45, 7) is 2.28. The summed E-state index contributed by atoms with van der Waals surface area (Å²) in [5, 5.41) is 8.32. The van der Waals surface area contributed by atoms with Crippen LogP contribution < -0.4 is 0 Å². The third kappa shape index (κ3) is 2.75. The lowest BCUT2D eigenvalue weighted by Gasteiger charge is -2.14. The molecule has 0 fully saturated rings. The van der Waals surface area contributed by atoms with Crippen LogP contribution in [-0.2, 0) is 6.42 Å². The van der Waals surface area contributed by atoms with Crippen molar-refractivity contribution in [2.75, 3.05) is 0 Å². The molecule has 0 N–H and O–H groups in total. The van der Waals surface area contributed by atoms with E-state index < -0.39 is 0 Å². The number of rotatable bonds is 7. The van der Waals surface area contributed by atoms with Gasteiger partial charge in [0.1, 0.15) is 0 Å². The molecule has 24 heavy (non-hydrogen) atoms. The summed E-state index contributed by atoms with van der Waals surface area (Å²) < 4.78 is 0. The van der Waals surface area contributed by atoms with E-state index in [1.165, 1.54) is 82.8 Å². The number of aryl methyl sites for hydroxylation is 1. The largest absolute Gasteiger partial charge is 0.0654 e. The van der Waals surface area contributed by atoms with E-state index in [1.807, 2.05) is 0 Å². The summed E-state index contributed by atoms with van der Waals surface area (Å²) in [7, 11) is 0. The maximum atomic E-state index is 3.36. The second-order valence-corrected chi connectivity index (χ2v) is 7.03. The Balaban J connectivity index is 1.70. The fourth-order valence-corrected chi connectivity index (χ4v) is 4.06. The van der Waals surface area contributed by atoms with E-state index in [2.05, 4.69) is 61.5 Å². The van der Waals surface area contributed by atoms with Crippen molar-refractivity contribution in [2.24, 2.45) is 0 Å². The van der Waals surface area contributed by atoms with Gasteiger partial charge in [0.05, 0.1) is 0 Å². The monoisotopic (exact) mass is 313 g/mol. The molecule has 0 heterocycles. The molecule has 121 valence electrons. The Hall–Kier alpha value is -2.08. The Bertz CT molecular complexity index is 948. The SMILES string of the molecule is CCCCCCCCc1cc2cccc3ccc4c[c]cc1c4c32. The van der Waals surface area contributed by atoms with Crippen LogP contribution in [0.5, 0.6) is 0 Å². The number of hydrogen-bond donors (Lipinski definition) is 0. The fourth-order valence-electron chi connectivity index (χ4n) is 4.06. The summed E-state index contributed by atoms with van der Waals surface area (Å²) in [5.74, 6) is 0. The Morgan fingerprint density at radius 3 is 2.46 bits per heavy atom. The van der Waals surface area contributed by atoms with E-state index >= 15 is 0 Å². The van der Waals surface area contributed by atoms with Gasteiger partial charge in [-0.15, -0.1) is 0 Å². The van der Waals surface area contributed by atoms with Gasteiger partial charge < -0.3 is 0 Å². The predicted octanol–water partition coefficient (Wildman–Crippen LogP) is 7.29. The summed E-state index contributed by atoms with van der Waals surface area (Å²) in [6.07, 6.45) is 9.30. The molecule has 0 nitrogen and oxygen atoms in total. The third-order valence-electron chi connectivity index (χ3n) is 5.32. The van der Waals surface area contributed by atoms with E-state index in [4.69, 9.17) is 0 Å². The van der Waals surface area contributed by atoms with E-state index in [0.29, 0.717) is 0 Å². The molecule has 4 aromatic rings. The van der Waals surface area contributed by atoms with Gasteiger partial charge in [0, 0.05) is 0 Å². The van der Waals surface area contributed by atoms with Crippen molar-refractivity contribution in [3.63, 3.8) is 0 Å². The van der Waals surface area contributed by atoms with Gasteiger partial charge in [0.25, 0.3) is 0 Å². The van der Waals surface area contributed by atoms with Gasteiger partial charge in [-0.25, -0.2) is 0 Å². The molecule has 0 bridgehead atoms. The number of hydrogen-bond acceptors (Lipinski definition) is 0. The van der Waals surface area contributed by atoms with Crippen LogP contribution >= 0.6 is 0 Å². The molecule has 0 saturated carbocycles. The first-order valence-corrected chi connectivity index (χ1v) is 9.45. The highest BCUT2D eigenvalue weighted by Gasteiger charge is 2.11. The zero-order chi connectivity index (χ0) is 16.4. The molecule has 0 amide bonds. The molecule has 0 aliphatic carbocycles. The number of unbranched alkanes of at least 4 members (excludes halogenated alkanes) is 5. The van der Waals surface area contributed by atoms with Gasteiger partial charge in [0.2, 0.25) is 0 Å². The average molecular weight is 313 g/mol. The molecule has 0 aromatic heterocycles. The van der Waals surface area contributed by atoms with Crippen molar-refractivity contribution < 1.29 is 0 Å². The van der Waals surface area contributed by atoms with Crippen LogP contribution in [0.4, 0.5) is 0 Å². The molecule has 0 saturated heterocycles. The Morgan fingerprint density at radius 2 is 1.54 bits per heavy atom. The molecule has 4 rings (SSSR count). The lowest BCUT2D eigenvalue weighted by atomic mass is 9.90. The van der Waals surface area contributed by atoms with Crippen molar-refractivity contribution in [3.05, 3.63) is 60.2 Å². The van der Waals surface area contributed by atoms with Gasteiger partial charge in [0.15, 0.2) is 0 Å². The maximum Gasteiger partial charge on any atom is -0.00236 e. The first kappa shape index (κ1) is 15.4. The molecule has 0 atom stereocenters. The molecule has 0 heteroatoms. The second kappa shape index (κ2) is 6.81. The third-order valence-corrected chi connectivity index (χ3v) is 5.32. The van der Waals surface area contributed by atoms with Gasteiger partial charge in [-0.2, -0.15) is 0 Å². The van der Waals surface area contributed by atoms with Crippen molar-refractivity contribution >= 4 is 32.3 Å². The Kier molecular flexibility index (Phi) is 4.38.